The lowest BCUT2D eigenvalue weighted by atomic mass is 10.0. The van der Waals surface area contributed by atoms with Crippen molar-refractivity contribution in [2.75, 3.05) is 26.3 Å². The summed E-state index contributed by atoms with van der Waals surface area (Å²) in [6.07, 6.45) is 0. The summed E-state index contributed by atoms with van der Waals surface area (Å²) in [5.41, 5.74) is 3.49. The van der Waals surface area contributed by atoms with Gasteiger partial charge in [0.1, 0.15) is 4.60 Å². The molecule has 1 N–H and O–H groups in total. The summed E-state index contributed by atoms with van der Waals surface area (Å²) in [5, 5.41) is 14.7. The first-order chi connectivity index (χ1) is 13.9. The highest BCUT2D eigenvalue weighted by Gasteiger charge is 2.21. The number of hydrogen-bond acceptors (Lipinski definition) is 5. The number of carboxylic acids is 1. The van der Waals surface area contributed by atoms with Crippen LogP contribution in [-0.4, -0.2) is 57.0 Å². The van der Waals surface area contributed by atoms with Gasteiger partial charge < -0.3 is 9.84 Å². The van der Waals surface area contributed by atoms with Crippen molar-refractivity contribution in [1.82, 2.24) is 19.7 Å². The number of carbonyl (C=O) groups is 1. The molecule has 0 atom stereocenters. The molecular weight excluding hydrogens is 436 g/mol. The fourth-order valence-electron chi connectivity index (χ4n) is 3.57. The Kier molecular flexibility index (Phi) is 5.67. The summed E-state index contributed by atoms with van der Waals surface area (Å²) in [6, 6.07) is 9.84. The monoisotopic (exact) mass is 458 g/mol. The van der Waals surface area contributed by atoms with Crippen LogP contribution in [0.1, 0.15) is 35.8 Å². The highest BCUT2D eigenvalue weighted by molar-refractivity contribution is 9.10. The lowest BCUT2D eigenvalue weighted by Gasteiger charge is -2.26. The number of aromatic carboxylic acids is 1. The molecule has 1 saturated heterocycles. The predicted molar refractivity (Wildman–Crippen MR) is 114 cm³/mol. The molecule has 152 valence electrons. The van der Waals surface area contributed by atoms with Crippen molar-refractivity contribution in [3.63, 3.8) is 0 Å². The number of aromatic nitrogens is 3. The third-order valence-corrected chi connectivity index (χ3v) is 5.65. The molecule has 1 fully saturated rings. The van der Waals surface area contributed by atoms with Crippen LogP contribution in [0.2, 0.25) is 0 Å². The van der Waals surface area contributed by atoms with Crippen LogP contribution in [0.3, 0.4) is 0 Å². The van der Waals surface area contributed by atoms with Crippen LogP contribution in [0.4, 0.5) is 0 Å². The number of benzene rings is 1. The Morgan fingerprint density at radius 1 is 1.24 bits per heavy atom. The molecule has 29 heavy (non-hydrogen) atoms. The Morgan fingerprint density at radius 2 is 1.93 bits per heavy atom. The number of rotatable bonds is 5. The number of halogens is 1. The molecule has 0 spiro atoms. The normalized spacial score (nSPS) is 15.3. The molecule has 4 rings (SSSR count). The standard InChI is InChI=1S/C21H23BrN4O3/c1-13(2)26-20-18(19(22)24-26)16(21(27)28)11-17(23-20)15-5-3-14(4-6-15)12-25-7-9-29-10-8-25/h3-6,11,13H,7-10,12H2,1-2H3,(H,27,28). The molecule has 1 aliphatic rings. The van der Waals surface area contributed by atoms with E-state index in [-0.39, 0.29) is 11.6 Å². The topological polar surface area (TPSA) is 80.5 Å². The number of nitrogens with zero attached hydrogens (tertiary/aromatic N) is 4. The second-order valence-corrected chi connectivity index (χ2v) is 8.22. The van der Waals surface area contributed by atoms with Crippen molar-refractivity contribution >= 4 is 32.9 Å². The smallest absolute Gasteiger partial charge is 0.336 e. The van der Waals surface area contributed by atoms with E-state index in [9.17, 15) is 9.90 Å². The number of pyridine rings is 1. The zero-order valence-electron chi connectivity index (χ0n) is 16.4. The maximum atomic E-state index is 11.9. The Labute approximate surface area is 177 Å². The van der Waals surface area contributed by atoms with Gasteiger partial charge in [-0.25, -0.2) is 14.5 Å². The first-order valence-corrected chi connectivity index (χ1v) is 10.4. The summed E-state index contributed by atoms with van der Waals surface area (Å²) in [7, 11) is 0. The SMILES string of the molecule is CC(C)n1nc(Br)c2c(C(=O)O)cc(-c3ccc(CN4CCOCC4)cc3)nc21. The average Bonchev–Trinajstić information content (AvgIpc) is 3.05. The molecular formula is C21H23BrN4O3. The van der Waals surface area contributed by atoms with Gasteiger partial charge in [-0.05, 0) is 41.4 Å². The second kappa shape index (κ2) is 8.22. The average molecular weight is 459 g/mol. The molecule has 0 bridgehead atoms. The van der Waals surface area contributed by atoms with E-state index in [1.54, 1.807) is 10.7 Å². The lowest BCUT2D eigenvalue weighted by Crippen LogP contribution is -2.35. The van der Waals surface area contributed by atoms with Gasteiger partial charge in [-0.2, -0.15) is 5.10 Å². The number of morpholine rings is 1. The van der Waals surface area contributed by atoms with E-state index in [0.717, 1.165) is 38.4 Å². The van der Waals surface area contributed by atoms with Crippen LogP contribution in [0.15, 0.2) is 34.9 Å². The van der Waals surface area contributed by atoms with Crippen LogP contribution < -0.4 is 0 Å². The van der Waals surface area contributed by atoms with Crippen LogP contribution in [0.5, 0.6) is 0 Å². The minimum atomic E-state index is -0.994. The van der Waals surface area contributed by atoms with E-state index in [0.29, 0.717) is 21.3 Å². The van der Waals surface area contributed by atoms with Crippen LogP contribution in [-0.2, 0) is 11.3 Å². The number of carboxylic acid groups (broad SMARTS) is 1. The summed E-state index contributed by atoms with van der Waals surface area (Å²) in [6.45, 7) is 8.30. The van der Waals surface area contributed by atoms with Crippen LogP contribution in [0.25, 0.3) is 22.3 Å². The van der Waals surface area contributed by atoms with Crippen molar-refractivity contribution in [2.45, 2.75) is 26.4 Å². The number of ether oxygens (including phenoxy) is 1. The Morgan fingerprint density at radius 3 is 2.55 bits per heavy atom. The summed E-state index contributed by atoms with van der Waals surface area (Å²) in [5.74, 6) is -0.994. The molecule has 3 aromatic rings. The van der Waals surface area contributed by atoms with Gasteiger partial charge in [0.05, 0.1) is 29.9 Å². The van der Waals surface area contributed by atoms with Gasteiger partial charge in [-0.3, -0.25) is 4.90 Å². The first-order valence-electron chi connectivity index (χ1n) is 9.65. The fraction of sp³-hybridized carbons (Fsp3) is 0.381. The van der Waals surface area contributed by atoms with E-state index in [1.807, 2.05) is 26.0 Å². The van der Waals surface area contributed by atoms with Crippen molar-refractivity contribution in [3.05, 3.63) is 46.1 Å². The van der Waals surface area contributed by atoms with Crippen LogP contribution >= 0.6 is 15.9 Å². The molecule has 2 aromatic heterocycles. The summed E-state index contributed by atoms with van der Waals surface area (Å²) >= 11 is 3.39. The van der Waals surface area contributed by atoms with E-state index < -0.39 is 5.97 Å². The van der Waals surface area contributed by atoms with Crippen molar-refractivity contribution < 1.29 is 14.6 Å². The van der Waals surface area contributed by atoms with Gasteiger partial charge >= 0.3 is 5.97 Å². The van der Waals surface area contributed by atoms with Gasteiger partial charge in [0.25, 0.3) is 0 Å². The summed E-state index contributed by atoms with van der Waals surface area (Å²) in [4.78, 5) is 19.0. The molecule has 0 amide bonds. The molecule has 8 heteroatoms. The fourth-order valence-corrected chi connectivity index (χ4v) is 4.13. The Balaban J connectivity index is 1.71. The van der Waals surface area contributed by atoms with Crippen molar-refractivity contribution in [2.24, 2.45) is 0 Å². The third kappa shape index (κ3) is 4.05. The van der Waals surface area contributed by atoms with Gasteiger partial charge in [-0.15, -0.1) is 0 Å². The minimum absolute atomic E-state index is 0.0593. The highest BCUT2D eigenvalue weighted by Crippen LogP contribution is 2.31. The molecule has 3 heterocycles. The lowest BCUT2D eigenvalue weighted by molar-refractivity contribution is 0.0342. The molecule has 1 aliphatic heterocycles. The molecule has 0 unspecified atom stereocenters. The maximum absolute atomic E-state index is 11.9. The Bertz CT molecular complexity index is 1040. The van der Waals surface area contributed by atoms with Crippen LogP contribution in [0, 0.1) is 0 Å². The Hall–Kier alpha value is -2.29. The first kappa shape index (κ1) is 20.0. The van der Waals surface area contributed by atoms with E-state index in [1.165, 1.54) is 5.56 Å². The zero-order chi connectivity index (χ0) is 20.5. The maximum Gasteiger partial charge on any atom is 0.336 e. The number of hydrogen-bond donors (Lipinski definition) is 1. The van der Waals surface area contributed by atoms with E-state index in [4.69, 9.17) is 9.72 Å². The van der Waals surface area contributed by atoms with Crippen molar-refractivity contribution in [3.8, 4) is 11.3 Å². The zero-order valence-corrected chi connectivity index (χ0v) is 18.0. The van der Waals surface area contributed by atoms with E-state index >= 15 is 0 Å². The molecule has 7 nitrogen and oxygen atoms in total. The summed E-state index contributed by atoms with van der Waals surface area (Å²) < 4.78 is 7.65. The molecule has 0 radical (unpaired) electrons. The highest BCUT2D eigenvalue weighted by atomic mass is 79.9. The van der Waals surface area contributed by atoms with Gasteiger partial charge in [0.2, 0.25) is 0 Å². The van der Waals surface area contributed by atoms with Gasteiger partial charge in [0.15, 0.2) is 5.65 Å². The second-order valence-electron chi connectivity index (χ2n) is 7.47. The molecule has 1 aromatic carbocycles. The quantitative estimate of drug-likeness (QED) is 0.622. The van der Waals surface area contributed by atoms with Gasteiger partial charge in [0, 0.05) is 31.2 Å². The minimum Gasteiger partial charge on any atom is -0.478 e. The number of fused-ring (bicyclic) bond motifs is 1. The largest absolute Gasteiger partial charge is 0.478 e. The third-order valence-electron chi connectivity index (χ3n) is 5.10. The predicted octanol–water partition coefficient (Wildman–Crippen LogP) is 3.97. The van der Waals surface area contributed by atoms with Crippen molar-refractivity contribution in [1.29, 1.82) is 0 Å². The molecule has 0 aliphatic carbocycles. The van der Waals surface area contributed by atoms with Gasteiger partial charge in [-0.1, -0.05) is 24.3 Å². The molecule has 0 saturated carbocycles. The van der Waals surface area contributed by atoms with E-state index in [2.05, 4.69) is 38.1 Å².